The van der Waals surface area contributed by atoms with Gasteiger partial charge in [-0.05, 0) is 37.3 Å². The van der Waals surface area contributed by atoms with Crippen LogP contribution in [0.2, 0.25) is 0 Å². The zero-order valence-corrected chi connectivity index (χ0v) is 20.5. The van der Waals surface area contributed by atoms with Crippen molar-refractivity contribution in [1.82, 2.24) is 24.2 Å². The number of hydrogen-bond donors (Lipinski definition) is 2. The minimum atomic E-state index is -1.09. The molecule has 1 aliphatic carbocycles. The van der Waals surface area contributed by atoms with Crippen molar-refractivity contribution in [3.8, 4) is 11.8 Å². The summed E-state index contributed by atoms with van der Waals surface area (Å²) in [5, 5.41) is 7.37. The average molecular weight is 514 g/mol. The Balaban J connectivity index is 0.00000304. The number of nitrogens with two attached hydrogens (primary N) is 1. The molecule has 0 unspecified atom stereocenters. The van der Waals surface area contributed by atoms with E-state index in [0.29, 0.717) is 30.8 Å². The largest absolute Gasteiger partial charge is 0.373 e. The highest BCUT2D eigenvalue weighted by atomic mass is 32.1. The number of benzene rings is 1. The number of aromatic nitrogens is 4. The predicted octanol–water partition coefficient (Wildman–Crippen LogP) is 2.46. The monoisotopic (exact) mass is 513 g/mol. The van der Waals surface area contributed by atoms with Gasteiger partial charge in [0.05, 0.1) is 23.4 Å². The highest BCUT2D eigenvalue weighted by Crippen LogP contribution is 2.38. The third-order valence-corrected chi connectivity index (χ3v) is 6.39. The molecule has 1 aromatic carbocycles. The Labute approximate surface area is 212 Å². The third-order valence-electron chi connectivity index (χ3n) is 6.39. The molecule has 3 aromatic rings. The summed E-state index contributed by atoms with van der Waals surface area (Å²) in [6.45, 7) is 4.38. The Morgan fingerprint density at radius 3 is 2.61 bits per heavy atom. The Morgan fingerprint density at radius 2 is 1.97 bits per heavy atom. The lowest BCUT2D eigenvalue weighted by molar-refractivity contribution is -0.125. The van der Waals surface area contributed by atoms with Crippen LogP contribution in [0, 0.1) is 23.5 Å². The van der Waals surface area contributed by atoms with Crippen LogP contribution < -0.4 is 11.1 Å². The van der Waals surface area contributed by atoms with E-state index in [4.69, 9.17) is 5.73 Å². The Kier molecular flexibility index (Phi) is 6.77. The third kappa shape index (κ3) is 4.19. The highest BCUT2D eigenvalue weighted by molar-refractivity contribution is 7.59. The number of anilines is 1. The highest BCUT2D eigenvalue weighted by Gasteiger charge is 2.32. The van der Waals surface area contributed by atoms with Crippen LogP contribution in [0.1, 0.15) is 53.0 Å². The van der Waals surface area contributed by atoms with Crippen LogP contribution in [0.15, 0.2) is 25.0 Å². The minimum Gasteiger partial charge on any atom is -0.373 e. The van der Waals surface area contributed by atoms with Gasteiger partial charge < -0.3 is 20.5 Å². The van der Waals surface area contributed by atoms with Crippen molar-refractivity contribution in [1.29, 1.82) is 0 Å². The molecule has 1 atom stereocenters. The minimum absolute atomic E-state index is 0. The molecular weight excluding hydrogens is 488 g/mol. The molecule has 3 N–H and O–H groups in total. The first-order chi connectivity index (χ1) is 16.8. The first kappa shape index (κ1) is 25.2. The number of fused-ring (bicyclic) bond motifs is 1. The smallest absolute Gasteiger partial charge is 0.255 e. The van der Waals surface area contributed by atoms with Crippen molar-refractivity contribution < 1.29 is 18.4 Å². The normalized spacial score (nSPS) is 16.9. The number of nitrogens with one attached hydrogen (secondary N) is 1. The quantitative estimate of drug-likeness (QED) is 0.402. The van der Waals surface area contributed by atoms with Gasteiger partial charge in [0.15, 0.2) is 17.3 Å². The Bertz CT molecular complexity index is 1450. The van der Waals surface area contributed by atoms with Gasteiger partial charge in [-0.25, -0.2) is 18.4 Å². The zero-order valence-electron chi connectivity index (χ0n) is 19.5. The summed E-state index contributed by atoms with van der Waals surface area (Å²) in [6, 6.07) is 1.29. The predicted molar refractivity (Wildman–Crippen MR) is 135 cm³/mol. The van der Waals surface area contributed by atoms with E-state index in [9.17, 15) is 18.4 Å². The van der Waals surface area contributed by atoms with E-state index in [-0.39, 0.29) is 53.8 Å². The number of imidazole rings is 1. The molecule has 1 aliphatic heterocycles. The molecule has 2 aliphatic rings. The van der Waals surface area contributed by atoms with Gasteiger partial charge in [0.2, 0.25) is 5.91 Å². The van der Waals surface area contributed by atoms with E-state index in [1.807, 2.05) is 0 Å². The van der Waals surface area contributed by atoms with Gasteiger partial charge in [-0.2, -0.15) is 18.6 Å². The van der Waals surface area contributed by atoms with Crippen molar-refractivity contribution in [3.63, 3.8) is 0 Å². The molecule has 2 amide bonds. The van der Waals surface area contributed by atoms with E-state index in [1.54, 1.807) is 21.2 Å². The number of halogens is 2. The van der Waals surface area contributed by atoms with Gasteiger partial charge in [-0.3, -0.25) is 9.59 Å². The van der Waals surface area contributed by atoms with Crippen LogP contribution >= 0.6 is 13.5 Å². The van der Waals surface area contributed by atoms with E-state index >= 15 is 0 Å². The van der Waals surface area contributed by atoms with Crippen molar-refractivity contribution >= 4 is 42.2 Å². The maximum absolute atomic E-state index is 14.9. The van der Waals surface area contributed by atoms with Crippen molar-refractivity contribution in [2.45, 2.75) is 31.3 Å². The summed E-state index contributed by atoms with van der Waals surface area (Å²) in [4.78, 5) is 30.1. The first-order valence-corrected chi connectivity index (χ1v) is 11.2. The van der Waals surface area contributed by atoms with Crippen molar-refractivity contribution in [2.24, 2.45) is 5.73 Å². The van der Waals surface area contributed by atoms with Gasteiger partial charge in [-0.15, -0.1) is 0 Å². The fourth-order valence-electron chi connectivity index (χ4n) is 4.51. The molecule has 2 aromatic heterocycles. The molecule has 2 fully saturated rings. The Hall–Kier alpha value is -3.85. The second-order valence-corrected chi connectivity index (χ2v) is 8.61. The standard InChI is InChI=1S/C24H23F2N7O2.H2S/c1-3-18(34)31-9-8-15(11-31)33-24(28-2)19(23(27)35)16(30-33)7-4-13-10-17-22(21(26)20(13)25)32(12-29-17)14-5-6-14;/h3,10,12,14-15,28H,1,5-6,8-9,11H2,2H3,(H2,27,35);1H2/t15-;/m0./s1. The van der Waals surface area contributed by atoms with Crippen LogP contribution in [-0.4, -0.2) is 56.2 Å². The maximum Gasteiger partial charge on any atom is 0.255 e. The van der Waals surface area contributed by atoms with Crippen LogP contribution in [0.3, 0.4) is 0 Å². The number of primary amides is 1. The summed E-state index contributed by atoms with van der Waals surface area (Å²) in [7, 11) is 1.61. The number of rotatable bonds is 5. The van der Waals surface area contributed by atoms with E-state index in [2.05, 4.69) is 33.8 Å². The van der Waals surface area contributed by atoms with Crippen molar-refractivity contribution in [3.05, 3.63) is 53.5 Å². The molecule has 1 saturated carbocycles. The summed E-state index contributed by atoms with van der Waals surface area (Å²) in [5.74, 6) is 2.56. The number of hydrogen-bond acceptors (Lipinski definition) is 5. The zero-order chi connectivity index (χ0) is 24.9. The molecule has 1 saturated heterocycles. The van der Waals surface area contributed by atoms with Gasteiger partial charge in [-0.1, -0.05) is 12.5 Å². The maximum atomic E-state index is 14.9. The van der Waals surface area contributed by atoms with Crippen LogP contribution in [0.4, 0.5) is 14.6 Å². The van der Waals surface area contributed by atoms with Crippen LogP contribution in [0.5, 0.6) is 0 Å². The molecule has 12 heteroatoms. The molecule has 0 spiro atoms. The second-order valence-electron chi connectivity index (χ2n) is 8.61. The Morgan fingerprint density at radius 1 is 1.22 bits per heavy atom. The van der Waals surface area contributed by atoms with Gasteiger partial charge in [0.1, 0.15) is 16.9 Å². The van der Waals surface area contributed by atoms with Crippen LogP contribution in [0.25, 0.3) is 11.0 Å². The number of likely N-dealkylation sites (tertiary alicyclic amines) is 1. The second kappa shape index (κ2) is 9.66. The molecule has 5 rings (SSSR count). The molecule has 9 nitrogen and oxygen atoms in total. The number of nitrogens with zero attached hydrogens (tertiary/aromatic N) is 5. The van der Waals surface area contributed by atoms with Crippen molar-refractivity contribution in [2.75, 3.05) is 25.5 Å². The van der Waals surface area contributed by atoms with Gasteiger partial charge in [0, 0.05) is 26.2 Å². The van der Waals surface area contributed by atoms with Gasteiger partial charge >= 0.3 is 0 Å². The van der Waals surface area contributed by atoms with Gasteiger partial charge in [0.25, 0.3) is 5.91 Å². The number of carbonyl (C=O) groups is 2. The molecule has 188 valence electrons. The summed E-state index contributed by atoms with van der Waals surface area (Å²) in [6.07, 6.45) is 5.16. The molecule has 3 heterocycles. The van der Waals surface area contributed by atoms with E-state index in [0.717, 1.165) is 12.8 Å². The fraction of sp³-hybridized carbons (Fsp3) is 0.333. The topological polar surface area (TPSA) is 111 Å². The summed E-state index contributed by atoms with van der Waals surface area (Å²) >= 11 is 0. The fourth-order valence-corrected chi connectivity index (χ4v) is 4.51. The van der Waals surface area contributed by atoms with E-state index < -0.39 is 17.5 Å². The lowest BCUT2D eigenvalue weighted by Crippen LogP contribution is -2.27. The summed E-state index contributed by atoms with van der Waals surface area (Å²) in [5.41, 5.74) is 5.89. The molecule has 0 radical (unpaired) electrons. The molecule has 36 heavy (non-hydrogen) atoms. The lowest BCUT2D eigenvalue weighted by atomic mass is 10.1. The average Bonchev–Trinajstić information content (AvgIpc) is 3.26. The molecular formula is C24H25F2N7O2S. The van der Waals surface area contributed by atoms with E-state index in [1.165, 1.54) is 18.5 Å². The number of carbonyl (C=O) groups excluding carboxylic acids is 2. The SMILES string of the molecule is C=CC(=O)N1CC[C@H](n2nc(C#Cc3cc4ncn(C5CC5)c4c(F)c3F)c(C(N)=O)c2NC)C1.S. The first-order valence-electron chi connectivity index (χ1n) is 11.2. The number of amides is 2. The van der Waals surface area contributed by atoms with Crippen LogP contribution in [-0.2, 0) is 4.79 Å². The lowest BCUT2D eigenvalue weighted by Gasteiger charge is -2.16. The molecule has 0 bridgehead atoms. The summed E-state index contributed by atoms with van der Waals surface area (Å²) < 4.78 is 33.0.